The van der Waals surface area contributed by atoms with E-state index < -0.39 is 0 Å². The molecular formula is C25H30N2O3. The van der Waals surface area contributed by atoms with Gasteiger partial charge in [0.1, 0.15) is 11.5 Å². The maximum atomic E-state index is 13.4. The van der Waals surface area contributed by atoms with E-state index in [9.17, 15) is 4.79 Å². The van der Waals surface area contributed by atoms with E-state index in [4.69, 9.17) is 9.47 Å². The fraction of sp³-hybridized carbons (Fsp3) is 0.400. The minimum atomic E-state index is -0.170. The van der Waals surface area contributed by atoms with Crippen LogP contribution < -0.4 is 19.7 Å². The zero-order valence-electron chi connectivity index (χ0n) is 18.6. The lowest BCUT2D eigenvalue weighted by Crippen LogP contribution is -2.34. The standard InChI is InChI=1S/C25H30N2O3/c1-25(2)13-19-23(20(28)14-25)22(15-7-9-16(10-8-15)27(3)4)24-18(26-19)11-17(29-5)12-21(24)30-6/h7-12,22,26H,13-14H2,1-6H3/t22-/m0/s1. The smallest absolute Gasteiger partial charge is 0.162 e. The molecule has 158 valence electrons. The van der Waals surface area contributed by atoms with E-state index in [2.05, 4.69) is 48.3 Å². The summed E-state index contributed by atoms with van der Waals surface area (Å²) in [5.41, 5.74) is 5.96. The molecule has 0 saturated heterocycles. The van der Waals surface area contributed by atoms with Crippen molar-refractivity contribution in [2.24, 2.45) is 5.41 Å². The highest BCUT2D eigenvalue weighted by atomic mass is 16.5. The maximum absolute atomic E-state index is 13.4. The minimum absolute atomic E-state index is 0.0668. The number of rotatable bonds is 4. The summed E-state index contributed by atoms with van der Waals surface area (Å²) in [6.07, 6.45) is 1.38. The van der Waals surface area contributed by atoms with Crippen molar-refractivity contribution in [1.29, 1.82) is 0 Å². The quantitative estimate of drug-likeness (QED) is 0.777. The Morgan fingerprint density at radius 2 is 1.73 bits per heavy atom. The van der Waals surface area contributed by atoms with E-state index in [0.717, 1.165) is 51.7 Å². The molecular weight excluding hydrogens is 376 g/mol. The molecule has 2 aromatic carbocycles. The van der Waals surface area contributed by atoms with Gasteiger partial charge in [-0.15, -0.1) is 0 Å². The van der Waals surface area contributed by atoms with Crippen LogP contribution >= 0.6 is 0 Å². The molecule has 0 aromatic heterocycles. The second-order valence-electron chi connectivity index (χ2n) is 9.17. The Labute approximate surface area is 178 Å². The van der Waals surface area contributed by atoms with E-state index in [-0.39, 0.29) is 17.1 Å². The molecule has 1 aliphatic heterocycles. The summed E-state index contributed by atoms with van der Waals surface area (Å²) in [5.74, 6) is 1.49. The van der Waals surface area contributed by atoms with Gasteiger partial charge in [-0.05, 0) is 29.5 Å². The molecule has 0 unspecified atom stereocenters. The number of fused-ring (bicyclic) bond motifs is 1. The fourth-order valence-corrected chi connectivity index (χ4v) is 4.68. The van der Waals surface area contributed by atoms with E-state index in [1.807, 2.05) is 26.2 Å². The molecule has 2 aromatic rings. The number of ketones is 1. The number of ether oxygens (including phenoxy) is 2. The highest BCUT2D eigenvalue weighted by molar-refractivity contribution is 6.02. The lowest BCUT2D eigenvalue weighted by Gasteiger charge is -2.40. The maximum Gasteiger partial charge on any atom is 0.162 e. The van der Waals surface area contributed by atoms with Gasteiger partial charge in [0.15, 0.2) is 5.78 Å². The zero-order valence-corrected chi connectivity index (χ0v) is 18.6. The summed E-state index contributed by atoms with van der Waals surface area (Å²) in [4.78, 5) is 15.4. The highest BCUT2D eigenvalue weighted by Crippen LogP contribution is 2.52. The Morgan fingerprint density at radius 3 is 2.33 bits per heavy atom. The predicted molar refractivity (Wildman–Crippen MR) is 121 cm³/mol. The van der Waals surface area contributed by atoms with Gasteiger partial charge in [0, 0.05) is 66.8 Å². The van der Waals surface area contributed by atoms with Crippen molar-refractivity contribution in [2.75, 3.05) is 38.5 Å². The van der Waals surface area contributed by atoms with E-state index in [1.54, 1.807) is 14.2 Å². The lowest BCUT2D eigenvalue weighted by atomic mass is 9.68. The second-order valence-corrected chi connectivity index (χ2v) is 9.17. The van der Waals surface area contributed by atoms with Gasteiger partial charge in [0.2, 0.25) is 0 Å². The molecule has 0 saturated carbocycles. The van der Waals surface area contributed by atoms with Crippen molar-refractivity contribution >= 4 is 17.2 Å². The highest BCUT2D eigenvalue weighted by Gasteiger charge is 2.42. The summed E-state index contributed by atoms with van der Waals surface area (Å²) in [7, 11) is 7.37. The Balaban J connectivity index is 1.94. The molecule has 0 radical (unpaired) electrons. The normalized spacial score (nSPS) is 19.5. The molecule has 0 amide bonds. The SMILES string of the molecule is COc1cc2c(c(OC)c1)[C@@H](c1ccc(N(C)C)cc1)C1=C(CC(C)(C)CC1=O)N2. The predicted octanol–water partition coefficient (Wildman–Crippen LogP) is 4.97. The number of allylic oxidation sites excluding steroid dienone is 2. The first-order valence-corrected chi connectivity index (χ1v) is 10.3. The number of methoxy groups -OCH3 is 2. The third-order valence-electron chi connectivity index (χ3n) is 6.10. The monoisotopic (exact) mass is 406 g/mol. The summed E-state index contributed by atoms with van der Waals surface area (Å²) in [5, 5.41) is 3.55. The van der Waals surface area contributed by atoms with Crippen LogP contribution in [0, 0.1) is 5.41 Å². The van der Waals surface area contributed by atoms with Crippen LogP contribution in [0.5, 0.6) is 11.5 Å². The molecule has 5 nitrogen and oxygen atoms in total. The van der Waals surface area contributed by atoms with E-state index >= 15 is 0 Å². The lowest BCUT2D eigenvalue weighted by molar-refractivity contribution is -0.118. The van der Waals surface area contributed by atoms with Crippen LogP contribution in [0.15, 0.2) is 47.7 Å². The molecule has 1 heterocycles. The van der Waals surface area contributed by atoms with Crippen LogP contribution in [-0.4, -0.2) is 34.1 Å². The van der Waals surface area contributed by atoms with Crippen LogP contribution in [0.25, 0.3) is 0 Å². The number of carbonyl (C=O) groups excluding carboxylic acids is 1. The zero-order chi connectivity index (χ0) is 21.6. The fourth-order valence-electron chi connectivity index (χ4n) is 4.68. The second kappa shape index (κ2) is 7.38. The summed E-state index contributed by atoms with van der Waals surface area (Å²) in [6, 6.07) is 12.3. The van der Waals surface area contributed by atoms with Crippen molar-refractivity contribution in [3.63, 3.8) is 0 Å². The summed E-state index contributed by atoms with van der Waals surface area (Å²) >= 11 is 0. The number of benzene rings is 2. The molecule has 0 fully saturated rings. The van der Waals surface area contributed by atoms with Gasteiger partial charge in [-0.3, -0.25) is 4.79 Å². The Kier molecular flexibility index (Phi) is 5.00. The van der Waals surface area contributed by atoms with Crippen LogP contribution in [0.2, 0.25) is 0 Å². The van der Waals surface area contributed by atoms with Gasteiger partial charge >= 0.3 is 0 Å². The average molecular weight is 407 g/mol. The number of anilines is 2. The first-order chi connectivity index (χ1) is 14.2. The Bertz CT molecular complexity index is 1020. The number of Topliss-reactive ketones (excluding diaryl/α,β-unsaturated/α-hetero) is 1. The third-order valence-corrected chi connectivity index (χ3v) is 6.10. The topological polar surface area (TPSA) is 50.8 Å². The first kappa shape index (κ1) is 20.3. The van der Waals surface area contributed by atoms with Crippen molar-refractivity contribution in [1.82, 2.24) is 0 Å². The number of nitrogens with zero attached hydrogens (tertiary/aromatic N) is 1. The molecule has 1 aliphatic carbocycles. The average Bonchev–Trinajstić information content (AvgIpc) is 2.70. The minimum Gasteiger partial charge on any atom is -0.497 e. The van der Waals surface area contributed by atoms with Crippen LogP contribution in [0.3, 0.4) is 0 Å². The van der Waals surface area contributed by atoms with Gasteiger partial charge in [0.25, 0.3) is 0 Å². The Morgan fingerprint density at radius 1 is 1.03 bits per heavy atom. The van der Waals surface area contributed by atoms with Gasteiger partial charge in [-0.2, -0.15) is 0 Å². The van der Waals surface area contributed by atoms with E-state index in [1.165, 1.54) is 0 Å². The van der Waals surface area contributed by atoms with Gasteiger partial charge in [-0.1, -0.05) is 26.0 Å². The number of hydrogen-bond acceptors (Lipinski definition) is 5. The largest absolute Gasteiger partial charge is 0.497 e. The number of nitrogens with one attached hydrogen (secondary N) is 1. The molecule has 30 heavy (non-hydrogen) atoms. The van der Waals surface area contributed by atoms with Crippen LogP contribution in [0.4, 0.5) is 11.4 Å². The first-order valence-electron chi connectivity index (χ1n) is 10.3. The molecule has 2 aliphatic rings. The van der Waals surface area contributed by atoms with Crippen molar-refractivity contribution in [3.8, 4) is 11.5 Å². The molecule has 0 spiro atoms. The Hall–Kier alpha value is -2.95. The third kappa shape index (κ3) is 3.42. The number of hydrogen-bond donors (Lipinski definition) is 1. The number of carbonyl (C=O) groups is 1. The molecule has 4 rings (SSSR count). The molecule has 5 heteroatoms. The molecule has 0 bridgehead atoms. The van der Waals surface area contributed by atoms with Gasteiger partial charge in [-0.25, -0.2) is 0 Å². The van der Waals surface area contributed by atoms with Gasteiger partial charge < -0.3 is 19.7 Å². The summed E-state index contributed by atoms with van der Waals surface area (Å²) < 4.78 is 11.3. The van der Waals surface area contributed by atoms with Crippen LogP contribution in [0.1, 0.15) is 43.7 Å². The van der Waals surface area contributed by atoms with Crippen molar-refractivity contribution < 1.29 is 14.3 Å². The molecule has 1 atom stereocenters. The van der Waals surface area contributed by atoms with Crippen LogP contribution in [-0.2, 0) is 4.79 Å². The molecule has 1 N–H and O–H groups in total. The summed E-state index contributed by atoms with van der Waals surface area (Å²) in [6.45, 7) is 4.30. The van der Waals surface area contributed by atoms with Gasteiger partial charge in [0.05, 0.1) is 14.2 Å². The van der Waals surface area contributed by atoms with Crippen molar-refractivity contribution in [2.45, 2.75) is 32.6 Å². The van der Waals surface area contributed by atoms with E-state index in [0.29, 0.717) is 6.42 Å². The van der Waals surface area contributed by atoms with Crippen molar-refractivity contribution in [3.05, 3.63) is 58.8 Å².